The third kappa shape index (κ3) is 5.33. The van der Waals surface area contributed by atoms with E-state index in [0.29, 0.717) is 5.56 Å². The fourth-order valence-electron chi connectivity index (χ4n) is 1.52. The normalized spacial score (nSPS) is 9.38. The Labute approximate surface area is 122 Å². The summed E-state index contributed by atoms with van der Waals surface area (Å²) in [5.41, 5.74) is 1.36. The van der Waals surface area contributed by atoms with Gasteiger partial charge in [-0.15, -0.1) is 0 Å². The molecule has 4 nitrogen and oxygen atoms in total. The molecule has 0 saturated heterocycles. The highest BCUT2D eigenvalue weighted by atomic mass is 19.1. The monoisotopic (exact) mass is 284 g/mol. The number of alkyl carbamates (subject to hydrolysis) is 1. The summed E-state index contributed by atoms with van der Waals surface area (Å²) < 4.78 is 17.9. The summed E-state index contributed by atoms with van der Waals surface area (Å²) in [6.45, 7) is 0.318. The van der Waals surface area contributed by atoms with Crippen molar-refractivity contribution in [2.75, 3.05) is 6.54 Å². The van der Waals surface area contributed by atoms with Gasteiger partial charge in [0.25, 0.3) is 0 Å². The Bertz CT molecular complexity index is 663. The first-order chi connectivity index (χ1) is 10.2. The lowest BCUT2D eigenvalue weighted by Gasteiger charge is -2.04. The minimum absolute atomic E-state index is 0.115. The van der Waals surface area contributed by atoms with Crippen molar-refractivity contribution in [2.24, 2.45) is 0 Å². The molecule has 1 aromatic carbocycles. The maximum atomic E-state index is 12.8. The SMILES string of the molecule is O=C(NCC#Cc1cncc(F)c1)OCc1ccccc1. The van der Waals surface area contributed by atoms with Crippen molar-refractivity contribution < 1.29 is 13.9 Å². The van der Waals surface area contributed by atoms with Crippen molar-refractivity contribution in [3.63, 3.8) is 0 Å². The number of nitrogens with zero attached hydrogens (tertiary/aromatic N) is 1. The predicted molar refractivity (Wildman–Crippen MR) is 75.7 cm³/mol. The quantitative estimate of drug-likeness (QED) is 0.881. The Hall–Kier alpha value is -2.87. The number of halogens is 1. The molecule has 1 aromatic heterocycles. The molecular formula is C16H13FN2O2. The van der Waals surface area contributed by atoms with Gasteiger partial charge >= 0.3 is 6.09 Å². The molecule has 0 aliphatic carbocycles. The molecule has 1 heterocycles. The van der Waals surface area contributed by atoms with Gasteiger partial charge in [-0.2, -0.15) is 0 Å². The molecule has 106 valence electrons. The number of pyridine rings is 1. The summed E-state index contributed by atoms with van der Waals surface area (Å²) in [5, 5.41) is 2.49. The van der Waals surface area contributed by atoms with Crippen LogP contribution >= 0.6 is 0 Å². The second-order valence-corrected chi connectivity index (χ2v) is 4.11. The van der Waals surface area contributed by atoms with Crippen molar-refractivity contribution in [2.45, 2.75) is 6.61 Å². The minimum Gasteiger partial charge on any atom is -0.445 e. The molecule has 1 amide bonds. The molecular weight excluding hydrogens is 271 g/mol. The van der Waals surface area contributed by atoms with E-state index in [1.165, 1.54) is 12.3 Å². The van der Waals surface area contributed by atoms with Crippen molar-refractivity contribution in [3.8, 4) is 11.8 Å². The second-order valence-electron chi connectivity index (χ2n) is 4.11. The molecule has 0 fully saturated rings. The lowest BCUT2D eigenvalue weighted by atomic mass is 10.2. The number of benzene rings is 1. The van der Waals surface area contributed by atoms with Crippen molar-refractivity contribution in [1.82, 2.24) is 10.3 Å². The highest BCUT2D eigenvalue weighted by molar-refractivity contribution is 5.67. The van der Waals surface area contributed by atoms with Gasteiger partial charge < -0.3 is 10.1 Å². The summed E-state index contributed by atoms with van der Waals surface area (Å²) in [6.07, 6.45) is 2.00. The summed E-state index contributed by atoms with van der Waals surface area (Å²) in [4.78, 5) is 15.1. The van der Waals surface area contributed by atoms with Crippen LogP contribution in [0.1, 0.15) is 11.1 Å². The summed E-state index contributed by atoms with van der Waals surface area (Å²) >= 11 is 0. The van der Waals surface area contributed by atoms with E-state index in [2.05, 4.69) is 22.1 Å². The number of carbonyl (C=O) groups is 1. The summed E-state index contributed by atoms with van der Waals surface area (Å²) in [7, 11) is 0. The lowest BCUT2D eigenvalue weighted by molar-refractivity contribution is 0.141. The number of carbonyl (C=O) groups excluding carboxylic acids is 1. The molecule has 1 N–H and O–H groups in total. The number of hydrogen-bond acceptors (Lipinski definition) is 3. The fraction of sp³-hybridized carbons (Fsp3) is 0.125. The molecule has 0 atom stereocenters. The van der Waals surface area contributed by atoms with Gasteiger partial charge in [0.2, 0.25) is 0 Å². The molecule has 0 spiro atoms. The van der Waals surface area contributed by atoms with E-state index in [0.717, 1.165) is 11.8 Å². The number of amides is 1. The summed E-state index contributed by atoms with van der Waals surface area (Å²) in [6, 6.07) is 10.6. The zero-order chi connectivity index (χ0) is 14.9. The lowest BCUT2D eigenvalue weighted by Crippen LogP contribution is -2.24. The average Bonchev–Trinajstić information content (AvgIpc) is 2.51. The first-order valence-electron chi connectivity index (χ1n) is 6.28. The Morgan fingerprint density at radius 2 is 2.10 bits per heavy atom. The number of rotatable bonds is 3. The summed E-state index contributed by atoms with van der Waals surface area (Å²) in [5.74, 6) is 4.93. The molecule has 0 radical (unpaired) electrons. The van der Waals surface area contributed by atoms with E-state index in [9.17, 15) is 9.18 Å². The largest absolute Gasteiger partial charge is 0.445 e. The van der Waals surface area contributed by atoms with Crippen LogP contribution in [0.3, 0.4) is 0 Å². The van der Waals surface area contributed by atoms with Crippen LogP contribution in [-0.2, 0) is 11.3 Å². The van der Waals surface area contributed by atoms with Crippen LogP contribution < -0.4 is 5.32 Å². The standard InChI is InChI=1S/C16H13FN2O2/c17-15-9-14(10-18-11-15)7-4-8-19-16(20)21-12-13-5-2-1-3-6-13/h1-3,5-6,9-11H,8,12H2,(H,19,20). The van der Waals surface area contributed by atoms with Crippen molar-refractivity contribution in [3.05, 3.63) is 65.7 Å². The molecule has 0 saturated carbocycles. The molecule has 0 aliphatic heterocycles. The van der Waals surface area contributed by atoms with Crippen LogP contribution in [0.15, 0.2) is 48.8 Å². The maximum Gasteiger partial charge on any atom is 0.408 e. The van der Waals surface area contributed by atoms with Crippen molar-refractivity contribution >= 4 is 6.09 Å². The van der Waals surface area contributed by atoms with Gasteiger partial charge in [0.1, 0.15) is 12.4 Å². The zero-order valence-electron chi connectivity index (χ0n) is 11.2. The fourth-order valence-corrected chi connectivity index (χ4v) is 1.52. The van der Waals surface area contributed by atoms with Gasteiger partial charge in [-0.3, -0.25) is 4.98 Å². The van der Waals surface area contributed by atoms with Gasteiger partial charge in [0.05, 0.1) is 12.7 Å². The van der Waals surface area contributed by atoms with Crippen LogP contribution in [0.25, 0.3) is 0 Å². The van der Waals surface area contributed by atoms with Gasteiger partial charge in [0.15, 0.2) is 0 Å². The van der Waals surface area contributed by atoms with E-state index in [4.69, 9.17) is 4.74 Å². The molecule has 5 heteroatoms. The number of ether oxygens (including phenoxy) is 1. The molecule has 0 bridgehead atoms. The van der Waals surface area contributed by atoms with Gasteiger partial charge in [0, 0.05) is 11.8 Å². The van der Waals surface area contributed by atoms with E-state index in [1.807, 2.05) is 30.3 Å². The zero-order valence-corrected chi connectivity index (χ0v) is 11.2. The minimum atomic E-state index is -0.550. The van der Waals surface area contributed by atoms with Gasteiger partial charge in [-0.05, 0) is 11.6 Å². The highest BCUT2D eigenvalue weighted by Crippen LogP contribution is 2.00. The molecule has 0 aliphatic rings. The van der Waals surface area contributed by atoms with E-state index in [-0.39, 0.29) is 13.2 Å². The molecule has 21 heavy (non-hydrogen) atoms. The molecule has 2 rings (SSSR count). The second kappa shape index (κ2) is 7.65. The third-order valence-corrected chi connectivity index (χ3v) is 2.47. The van der Waals surface area contributed by atoms with Crippen LogP contribution in [0.5, 0.6) is 0 Å². The number of hydrogen-bond donors (Lipinski definition) is 1. The average molecular weight is 284 g/mol. The Kier molecular flexibility index (Phi) is 5.30. The van der Waals surface area contributed by atoms with Gasteiger partial charge in [-0.1, -0.05) is 42.2 Å². The highest BCUT2D eigenvalue weighted by Gasteiger charge is 2.00. The van der Waals surface area contributed by atoms with E-state index < -0.39 is 11.9 Å². The smallest absolute Gasteiger partial charge is 0.408 e. The van der Waals surface area contributed by atoms with E-state index in [1.54, 1.807) is 0 Å². The number of nitrogens with one attached hydrogen (secondary N) is 1. The van der Waals surface area contributed by atoms with Crippen LogP contribution in [0, 0.1) is 17.7 Å². The first-order valence-corrected chi connectivity index (χ1v) is 6.28. The Morgan fingerprint density at radius 3 is 2.86 bits per heavy atom. The van der Waals surface area contributed by atoms with Crippen LogP contribution in [-0.4, -0.2) is 17.6 Å². The predicted octanol–water partition coefficient (Wildman–Crippen LogP) is 2.50. The number of aromatic nitrogens is 1. The maximum absolute atomic E-state index is 12.8. The van der Waals surface area contributed by atoms with Crippen LogP contribution in [0.2, 0.25) is 0 Å². The molecule has 2 aromatic rings. The Morgan fingerprint density at radius 1 is 1.29 bits per heavy atom. The van der Waals surface area contributed by atoms with Crippen molar-refractivity contribution in [1.29, 1.82) is 0 Å². The van der Waals surface area contributed by atoms with Gasteiger partial charge in [-0.25, -0.2) is 9.18 Å². The Balaban J connectivity index is 1.72. The first kappa shape index (κ1) is 14.5. The molecule has 0 unspecified atom stereocenters. The third-order valence-electron chi connectivity index (χ3n) is 2.47. The van der Waals surface area contributed by atoms with Crippen LogP contribution in [0.4, 0.5) is 9.18 Å². The topological polar surface area (TPSA) is 51.2 Å². The van der Waals surface area contributed by atoms with E-state index >= 15 is 0 Å².